The molecule has 1 atom stereocenters. The second-order valence-corrected chi connectivity index (χ2v) is 6.81. The van der Waals surface area contributed by atoms with Gasteiger partial charge in [0, 0.05) is 9.85 Å². The molecule has 0 aliphatic carbocycles. The standard InChI is InChI=1S/C19H16BrCl/c1-13-5-4-8-17(19(13)21)18(20)12-14-9-10-15-6-2-3-7-16(15)11-14/h2-11,18H,12H2,1H3. The topological polar surface area (TPSA) is 0 Å². The summed E-state index contributed by atoms with van der Waals surface area (Å²) in [5, 5.41) is 3.42. The van der Waals surface area contributed by atoms with E-state index in [0.717, 1.165) is 22.6 Å². The fourth-order valence-electron chi connectivity index (χ4n) is 2.59. The number of aryl methyl sites for hydroxylation is 1. The minimum atomic E-state index is 0.228. The number of fused-ring (bicyclic) bond motifs is 1. The monoisotopic (exact) mass is 358 g/mol. The summed E-state index contributed by atoms with van der Waals surface area (Å²) < 4.78 is 0. The maximum absolute atomic E-state index is 6.42. The van der Waals surface area contributed by atoms with Gasteiger partial charge in [0.1, 0.15) is 0 Å². The van der Waals surface area contributed by atoms with Crippen molar-refractivity contribution in [2.75, 3.05) is 0 Å². The zero-order chi connectivity index (χ0) is 14.8. The highest BCUT2D eigenvalue weighted by atomic mass is 79.9. The van der Waals surface area contributed by atoms with Crippen molar-refractivity contribution >= 4 is 38.3 Å². The zero-order valence-electron chi connectivity index (χ0n) is 11.8. The molecule has 21 heavy (non-hydrogen) atoms. The van der Waals surface area contributed by atoms with Gasteiger partial charge in [0.25, 0.3) is 0 Å². The number of rotatable bonds is 3. The lowest BCUT2D eigenvalue weighted by Gasteiger charge is -2.14. The Bertz CT molecular complexity index is 779. The summed E-state index contributed by atoms with van der Waals surface area (Å²) in [7, 11) is 0. The van der Waals surface area contributed by atoms with E-state index in [0.29, 0.717) is 0 Å². The highest BCUT2D eigenvalue weighted by Gasteiger charge is 2.13. The molecule has 3 aromatic rings. The van der Waals surface area contributed by atoms with Crippen LogP contribution in [0.15, 0.2) is 60.7 Å². The molecular formula is C19H16BrCl. The van der Waals surface area contributed by atoms with Crippen LogP contribution in [0, 0.1) is 6.92 Å². The maximum atomic E-state index is 6.42. The second-order valence-electron chi connectivity index (χ2n) is 5.33. The predicted molar refractivity (Wildman–Crippen MR) is 95.5 cm³/mol. The van der Waals surface area contributed by atoms with Gasteiger partial charge in [-0.25, -0.2) is 0 Å². The van der Waals surface area contributed by atoms with Crippen LogP contribution >= 0.6 is 27.5 Å². The number of hydrogen-bond donors (Lipinski definition) is 0. The maximum Gasteiger partial charge on any atom is 0.0478 e. The van der Waals surface area contributed by atoms with Crippen LogP contribution in [0.1, 0.15) is 21.5 Å². The number of alkyl halides is 1. The Morgan fingerprint density at radius 2 is 1.71 bits per heavy atom. The molecular weight excluding hydrogens is 344 g/mol. The molecule has 2 heteroatoms. The van der Waals surface area contributed by atoms with Crippen molar-refractivity contribution in [3.63, 3.8) is 0 Å². The molecule has 1 unspecified atom stereocenters. The highest BCUT2D eigenvalue weighted by Crippen LogP contribution is 2.34. The van der Waals surface area contributed by atoms with Gasteiger partial charge in [0.05, 0.1) is 0 Å². The first-order chi connectivity index (χ1) is 10.1. The lowest BCUT2D eigenvalue weighted by atomic mass is 10.00. The average Bonchev–Trinajstić information content (AvgIpc) is 2.50. The van der Waals surface area contributed by atoms with Crippen LogP contribution in [0.4, 0.5) is 0 Å². The van der Waals surface area contributed by atoms with Gasteiger partial charge in [-0.2, -0.15) is 0 Å². The minimum absolute atomic E-state index is 0.228. The number of benzene rings is 3. The molecule has 0 radical (unpaired) electrons. The van der Waals surface area contributed by atoms with E-state index >= 15 is 0 Å². The molecule has 0 amide bonds. The van der Waals surface area contributed by atoms with Gasteiger partial charge >= 0.3 is 0 Å². The molecule has 0 fully saturated rings. The van der Waals surface area contributed by atoms with Crippen molar-refractivity contribution < 1.29 is 0 Å². The Kier molecular flexibility index (Phi) is 4.32. The Labute approximate surface area is 138 Å². The van der Waals surface area contributed by atoms with E-state index in [4.69, 9.17) is 11.6 Å². The third kappa shape index (κ3) is 3.14. The lowest BCUT2D eigenvalue weighted by molar-refractivity contribution is 0.949. The fourth-order valence-corrected chi connectivity index (χ4v) is 3.74. The summed E-state index contributed by atoms with van der Waals surface area (Å²) in [6.45, 7) is 2.04. The molecule has 0 saturated carbocycles. The van der Waals surface area contributed by atoms with Crippen LogP contribution < -0.4 is 0 Å². The molecule has 0 N–H and O–H groups in total. The van der Waals surface area contributed by atoms with Gasteiger partial charge in [-0.05, 0) is 40.8 Å². The van der Waals surface area contributed by atoms with Crippen molar-refractivity contribution in [1.82, 2.24) is 0 Å². The summed E-state index contributed by atoms with van der Waals surface area (Å²) in [6.07, 6.45) is 0.925. The molecule has 0 aliphatic heterocycles. The Morgan fingerprint density at radius 3 is 2.52 bits per heavy atom. The van der Waals surface area contributed by atoms with E-state index in [1.54, 1.807) is 0 Å². The summed E-state index contributed by atoms with van der Waals surface area (Å²) in [5.41, 5.74) is 3.59. The summed E-state index contributed by atoms with van der Waals surface area (Å²) in [6, 6.07) is 21.3. The lowest BCUT2D eigenvalue weighted by Crippen LogP contribution is -1.97. The van der Waals surface area contributed by atoms with Crippen molar-refractivity contribution in [2.45, 2.75) is 18.2 Å². The number of halogens is 2. The third-order valence-electron chi connectivity index (χ3n) is 3.79. The molecule has 0 spiro atoms. The Balaban J connectivity index is 1.89. The normalized spacial score (nSPS) is 12.5. The second kappa shape index (κ2) is 6.21. The van der Waals surface area contributed by atoms with Crippen molar-refractivity contribution in [3.05, 3.63) is 82.4 Å². The van der Waals surface area contributed by atoms with Gasteiger partial charge in [-0.15, -0.1) is 0 Å². The van der Waals surface area contributed by atoms with Crippen LogP contribution in [0.2, 0.25) is 5.02 Å². The fraction of sp³-hybridized carbons (Fsp3) is 0.158. The average molecular weight is 360 g/mol. The molecule has 3 rings (SSSR count). The van der Waals surface area contributed by atoms with Crippen molar-refractivity contribution in [2.24, 2.45) is 0 Å². The van der Waals surface area contributed by atoms with Crippen molar-refractivity contribution in [3.8, 4) is 0 Å². The summed E-state index contributed by atoms with van der Waals surface area (Å²) in [5.74, 6) is 0. The molecule has 0 nitrogen and oxygen atoms in total. The molecule has 0 aromatic heterocycles. The number of hydrogen-bond acceptors (Lipinski definition) is 0. The van der Waals surface area contributed by atoms with E-state index in [2.05, 4.69) is 70.5 Å². The molecule has 0 aliphatic rings. The van der Waals surface area contributed by atoms with E-state index < -0.39 is 0 Å². The quantitative estimate of drug-likeness (QED) is 0.469. The highest BCUT2D eigenvalue weighted by molar-refractivity contribution is 9.09. The van der Waals surface area contributed by atoms with Crippen LogP contribution in [0.5, 0.6) is 0 Å². The largest absolute Gasteiger partial charge is 0.0837 e. The Morgan fingerprint density at radius 1 is 0.952 bits per heavy atom. The van der Waals surface area contributed by atoms with Gasteiger partial charge in [0.2, 0.25) is 0 Å². The first-order valence-electron chi connectivity index (χ1n) is 7.02. The molecule has 0 saturated heterocycles. The first kappa shape index (κ1) is 14.6. The summed E-state index contributed by atoms with van der Waals surface area (Å²) in [4.78, 5) is 0.228. The van der Waals surface area contributed by atoms with Gasteiger partial charge in [-0.1, -0.05) is 88.2 Å². The minimum Gasteiger partial charge on any atom is -0.0837 e. The Hall–Kier alpha value is -1.31. The van der Waals surface area contributed by atoms with Gasteiger partial charge < -0.3 is 0 Å². The van der Waals surface area contributed by atoms with Crippen LogP contribution in [0.3, 0.4) is 0 Å². The summed E-state index contributed by atoms with van der Waals surface area (Å²) >= 11 is 10.2. The van der Waals surface area contributed by atoms with Crippen LogP contribution in [-0.4, -0.2) is 0 Å². The van der Waals surface area contributed by atoms with E-state index in [9.17, 15) is 0 Å². The van der Waals surface area contributed by atoms with Gasteiger partial charge in [0.15, 0.2) is 0 Å². The SMILES string of the molecule is Cc1cccc(C(Br)Cc2ccc3ccccc3c2)c1Cl. The van der Waals surface area contributed by atoms with Crippen molar-refractivity contribution in [1.29, 1.82) is 0 Å². The third-order valence-corrected chi connectivity index (χ3v) is 5.12. The molecule has 0 bridgehead atoms. The van der Waals surface area contributed by atoms with Crippen LogP contribution in [0.25, 0.3) is 10.8 Å². The van der Waals surface area contributed by atoms with E-state index in [-0.39, 0.29) is 4.83 Å². The van der Waals surface area contributed by atoms with E-state index in [1.807, 2.05) is 13.0 Å². The predicted octanol–water partition coefficient (Wildman–Crippen LogP) is 6.48. The molecule has 0 heterocycles. The van der Waals surface area contributed by atoms with Gasteiger partial charge in [-0.3, -0.25) is 0 Å². The van der Waals surface area contributed by atoms with Crippen LogP contribution in [-0.2, 0) is 6.42 Å². The smallest absolute Gasteiger partial charge is 0.0478 e. The molecule has 3 aromatic carbocycles. The first-order valence-corrected chi connectivity index (χ1v) is 8.31. The van der Waals surface area contributed by atoms with E-state index in [1.165, 1.54) is 16.3 Å². The zero-order valence-corrected chi connectivity index (χ0v) is 14.2. The molecule has 106 valence electrons.